The molecule has 0 atom stereocenters. The van der Waals surface area contributed by atoms with Crippen LogP contribution in [0.4, 0.5) is 0 Å². The number of rotatable bonds is 3. The van der Waals surface area contributed by atoms with E-state index in [-0.39, 0.29) is 17.2 Å². The van der Waals surface area contributed by atoms with Gasteiger partial charge in [0.1, 0.15) is 5.75 Å². The van der Waals surface area contributed by atoms with Crippen molar-refractivity contribution in [3.05, 3.63) is 38.9 Å². The maximum Gasteiger partial charge on any atom is 0.228 e. The number of phenolic OH excluding ortho intramolecular Hbond substituents is 1. The van der Waals surface area contributed by atoms with Crippen molar-refractivity contribution in [2.45, 2.75) is 26.8 Å². The van der Waals surface area contributed by atoms with E-state index in [2.05, 4.69) is 0 Å². The van der Waals surface area contributed by atoms with Gasteiger partial charge in [0, 0.05) is 10.5 Å². The van der Waals surface area contributed by atoms with Gasteiger partial charge in [0.05, 0.1) is 0 Å². The van der Waals surface area contributed by atoms with E-state index >= 15 is 0 Å². The smallest absolute Gasteiger partial charge is 0.228 e. The topological polar surface area (TPSA) is 63.4 Å². The van der Waals surface area contributed by atoms with Crippen LogP contribution in [0.2, 0.25) is 0 Å². The molecule has 1 aromatic carbocycles. The van der Waals surface area contributed by atoms with E-state index in [0.717, 1.165) is 5.56 Å². The van der Waals surface area contributed by atoms with Gasteiger partial charge in [-0.1, -0.05) is 6.92 Å². The molecule has 0 bridgehead atoms. The van der Waals surface area contributed by atoms with Gasteiger partial charge in [-0.05, 0) is 36.6 Å². The van der Waals surface area contributed by atoms with Crippen molar-refractivity contribution in [3.8, 4) is 5.75 Å². The van der Waals surface area contributed by atoms with Crippen molar-refractivity contribution in [2.75, 3.05) is 0 Å². The number of benzene rings is 1. The molecule has 1 N–H and O–H groups in total. The van der Waals surface area contributed by atoms with Crippen molar-refractivity contribution in [2.24, 2.45) is 0 Å². The predicted octanol–water partition coefficient (Wildman–Crippen LogP) is 2.04. The number of nitrogens with zero attached hydrogens (tertiary/aromatic N) is 1. The number of aryl methyl sites for hydroxylation is 2. The molecule has 0 aromatic heterocycles. The van der Waals surface area contributed by atoms with Gasteiger partial charge >= 0.3 is 0 Å². The lowest BCUT2D eigenvalue weighted by atomic mass is 10.0. The first-order valence-corrected chi connectivity index (χ1v) is 4.47. The fraction of sp³-hybridized carbons (Fsp3) is 0.400. The van der Waals surface area contributed by atoms with Crippen molar-refractivity contribution in [1.29, 1.82) is 0 Å². The van der Waals surface area contributed by atoms with E-state index in [1.807, 2.05) is 6.92 Å². The molecule has 1 aromatic rings. The molecule has 0 saturated carbocycles. The molecule has 0 fully saturated rings. The van der Waals surface area contributed by atoms with Gasteiger partial charge in [-0.15, -0.1) is 0 Å². The van der Waals surface area contributed by atoms with Crippen molar-refractivity contribution >= 4 is 0 Å². The van der Waals surface area contributed by atoms with Crippen LogP contribution in [0.3, 0.4) is 0 Å². The average Bonchev–Trinajstić information content (AvgIpc) is 2.10. The molecule has 0 aliphatic carbocycles. The summed E-state index contributed by atoms with van der Waals surface area (Å²) in [4.78, 5) is 9.94. The highest BCUT2D eigenvalue weighted by atomic mass is 16.6. The van der Waals surface area contributed by atoms with Gasteiger partial charge in [-0.3, -0.25) is 10.1 Å². The Morgan fingerprint density at radius 1 is 1.50 bits per heavy atom. The highest BCUT2D eigenvalue weighted by Gasteiger charge is 2.08. The first-order valence-electron chi connectivity index (χ1n) is 4.47. The first kappa shape index (κ1) is 10.5. The Bertz CT molecular complexity index is 361. The third-order valence-corrected chi connectivity index (χ3v) is 2.13. The molecular weight excluding hydrogens is 182 g/mol. The van der Waals surface area contributed by atoms with Gasteiger partial charge in [-0.2, -0.15) is 0 Å². The molecule has 0 aliphatic rings. The van der Waals surface area contributed by atoms with E-state index < -0.39 is 0 Å². The fourth-order valence-corrected chi connectivity index (χ4v) is 1.44. The summed E-state index contributed by atoms with van der Waals surface area (Å²) in [5.74, 6) is 0.250. The Kier molecular flexibility index (Phi) is 3.06. The quantitative estimate of drug-likeness (QED) is 0.593. The van der Waals surface area contributed by atoms with Crippen molar-refractivity contribution < 1.29 is 10.0 Å². The second kappa shape index (κ2) is 4.09. The molecule has 4 nitrogen and oxygen atoms in total. The van der Waals surface area contributed by atoms with Crippen LogP contribution in [0.15, 0.2) is 12.1 Å². The standard InChI is InChI=1S/C10H13NO3/c1-3-9-5-8(6-11(13)14)4-7(2)10(9)12/h4-5,12H,3,6H2,1-2H3. The summed E-state index contributed by atoms with van der Waals surface area (Å²) in [5.41, 5.74) is 2.10. The SMILES string of the molecule is CCc1cc(C[N+](=O)[O-])cc(C)c1O. The monoisotopic (exact) mass is 195 g/mol. The molecular formula is C10H13NO3. The van der Waals surface area contributed by atoms with Crippen LogP contribution in [0, 0.1) is 17.0 Å². The summed E-state index contributed by atoms with van der Waals surface area (Å²) in [5, 5.41) is 19.9. The van der Waals surface area contributed by atoms with E-state index in [4.69, 9.17) is 0 Å². The molecule has 0 radical (unpaired) electrons. The van der Waals surface area contributed by atoms with Crippen LogP contribution in [-0.2, 0) is 13.0 Å². The van der Waals surface area contributed by atoms with E-state index in [9.17, 15) is 15.2 Å². The van der Waals surface area contributed by atoms with E-state index in [0.29, 0.717) is 17.5 Å². The zero-order valence-corrected chi connectivity index (χ0v) is 8.28. The fourth-order valence-electron chi connectivity index (χ4n) is 1.44. The molecule has 14 heavy (non-hydrogen) atoms. The highest BCUT2D eigenvalue weighted by Crippen LogP contribution is 2.24. The predicted molar refractivity (Wildman–Crippen MR) is 52.9 cm³/mol. The number of hydrogen-bond acceptors (Lipinski definition) is 3. The van der Waals surface area contributed by atoms with Crippen LogP contribution in [-0.4, -0.2) is 10.0 Å². The molecule has 4 heteroatoms. The van der Waals surface area contributed by atoms with Gasteiger partial charge in [0.15, 0.2) is 0 Å². The third-order valence-electron chi connectivity index (χ3n) is 2.13. The Hall–Kier alpha value is -1.58. The molecule has 1 rings (SSSR count). The molecule has 0 amide bonds. The minimum Gasteiger partial charge on any atom is -0.507 e. The molecule has 0 heterocycles. The molecule has 0 spiro atoms. The lowest BCUT2D eigenvalue weighted by Crippen LogP contribution is -2.00. The summed E-state index contributed by atoms with van der Waals surface area (Å²) < 4.78 is 0. The van der Waals surface area contributed by atoms with Crippen LogP contribution in [0.1, 0.15) is 23.6 Å². The summed E-state index contributed by atoms with van der Waals surface area (Å²) in [7, 11) is 0. The second-order valence-electron chi connectivity index (χ2n) is 3.26. The Labute approximate surface area is 82.3 Å². The molecule has 0 unspecified atom stereocenters. The molecule has 76 valence electrons. The highest BCUT2D eigenvalue weighted by molar-refractivity contribution is 5.42. The minimum absolute atomic E-state index is 0.186. The normalized spacial score (nSPS) is 10.1. The number of phenols is 1. The lowest BCUT2D eigenvalue weighted by Gasteiger charge is -2.06. The van der Waals surface area contributed by atoms with E-state index in [1.54, 1.807) is 19.1 Å². The number of nitro groups is 1. The zero-order valence-electron chi connectivity index (χ0n) is 8.28. The van der Waals surface area contributed by atoms with Gasteiger partial charge in [-0.25, -0.2) is 0 Å². The van der Waals surface area contributed by atoms with E-state index in [1.165, 1.54) is 0 Å². The Morgan fingerprint density at radius 2 is 2.14 bits per heavy atom. The molecule has 0 aliphatic heterocycles. The molecule has 0 saturated heterocycles. The van der Waals surface area contributed by atoms with Crippen molar-refractivity contribution in [1.82, 2.24) is 0 Å². The summed E-state index contributed by atoms with van der Waals surface area (Å²) in [6.45, 7) is 3.47. The van der Waals surface area contributed by atoms with Crippen molar-refractivity contribution in [3.63, 3.8) is 0 Å². The Balaban J connectivity index is 3.09. The van der Waals surface area contributed by atoms with Gasteiger partial charge in [0.2, 0.25) is 6.54 Å². The average molecular weight is 195 g/mol. The first-order chi connectivity index (χ1) is 6.54. The zero-order chi connectivity index (χ0) is 10.7. The van der Waals surface area contributed by atoms with Gasteiger partial charge < -0.3 is 5.11 Å². The van der Waals surface area contributed by atoms with Crippen LogP contribution in [0.5, 0.6) is 5.75 Å². The summed E-state index contributed by atoms with van der Waals surface area (Å²) in [6.07, 6.45) is 0.679. The maximum atomic E-state index is 10.3. The third kappa shape index (κ3) is 2.22. The van der Waals surface area contributed by atoms with Gasteiger partial charge in [0.25, 0.3) is 0 Å². The minimum atomic E-state index is -0.370. The Morgan fingerprint density at radius 3 is 2.64 bits per heavy atom. The number of aromatic hydroxyl groups is 1. The maximum absolute atomic E-state index is 10.3. The number of hydrogen-bond donors (Lipinski definition) is 1. The largest absolute Gasteiger partial charge is 0.507 e. The summed E-state index contributed by atoms with van der Waals surface area (Å²) in [6, 6.07) is 3.34. The lowest BCUT2D eigenvalue weighted by molar-refractivity contribution is -0.496. The second-order valence-corrected chi connectivity index (χ2v) is 3.26. The van der Waals surface area contributed by atoms with Crippen LogP contribution >= 0.6 is 0 Å². The van der Waals surface area contributed by atoms with Crippen LogP contribution in [0.25, 0.3) is 0 Å². The van der Waals surface area contributed by atoms with Crippen LogP contribution < -0.4 is 0 Å². The summed E-state index contributed by atoms with van der Waals surface area (Å²) >= 11 is 0.